The van der Waals surface area contributed by atoms with Gasteiger partial charge in [0.1, 0.15) is 6.54 Å². The van der Waals surface area contributed by atoms with Crippen LogP contribution in [-0.4, -0.2) is 56.7 Å². The van der Waals surface area contributed by atoms with E-state index in [1.165, 1.54) is 28.6 Å². The predicted molar refractivity (Wildman–Crippen MR) is 114 cm³/mol. The van der Waals surface area contributed by atoms with Crippen LogP contribution in [0, 0.1) is 5.92 Å². The van der Waals surface area contributed by atoms with E-state index in [9.17, 15) is 22.8 Å². The molecule has 2 fully saturated rings. The van der Waals surface area contributed by atoms with Crippen LogP contribution < -0.4 is 10.6 Å². The Labute approximate surface area is 182 Å². The summed E-state index contributed by atoms with van der Waals surface area (Å²) in [6, 6.07) is 5.87. The average Bonchev–Trinajstić information content (AvgIpc) is 3.33. The smallest absolute Gasteiger partial charge is 0.325 e. The van der Waals surface area contributed by atoms with Gasteiger partial charge in [0, 0.05) is 24.7 Å². The second-order valence-corrected chi connectivity index (χ2v) is 9.84. The van der Waals surface area contributed by atoms with Gasteiger partial charge in [0.25, 0.3) is 5.91 Å². The molecule has 0 spiro atoms. The highest BCUT2D eigenvalue weighted by Crippen LogP contribution is 2.24. The molecule has 0 aromatic heterocycles. The van der Waals surface area contributed by atoms with E-state index in [0.717, 1.165) is 44.9 Å². The summed E-state index contributed by atoms with van der Waals surface area (Å²) in [5.74, 6) is -1.44. The van der Waals surface area contributed by atoms with Crippen LogP contribution in [0.2, 0.25) is 0 Å². The molecule has 0 radical (unpaired) electrons. The van der Waals surface area contributed by atoms with Crippen LogP contribution in [0.15, 0.2) is 29.2 Å². The molecule has 1 aromatic rings. The summed E-state index contributed by atoms with van der Waals surface area (Å²) in [4.78, 5) is 36.0. The third-order valence-corrected chi connectivity index (χ3v) is 7.50. The Morgan fingerprint density at radius 2 is 1.61 bits per heavy atom. The number of nitrogens with one attached hydrogen (secondary N) is 2. The molecule has 0 bridgehead atoms. The van der Waals surface area contributed by atoms with Crippen molar-refractivity contribution < 1.29 is 27.5 Å². The Morgan fingerprint density at radius 3 is 2.26 bits per heavy atom. The lowest BCUT2D eigenvalue weighted by molar-refractivity contribution is -0.147. The van der Waals surface area contributed by atoms with E-state index in [-0.39, 0.29) is 23.3 Å². The second-order valence-electron chi connectivity index (χ2n) is 7.90. The summed E-state index contributed by atoms with van der Waals surface area (Å²) >= 11 is 0. The van der Waals surface area contributed by atoms with E-state index in [1.54, 1.807) is 0 Å². The van der Waals surface area contributed by atoms with Crippen molar-refractivity contribution in [3.8, 4) is 0 Å². The fraction of sp³-hybridized carbons (Fsp3) is 0.571. The zero-order chi connectivity index (χ0) is 22.3. The molecule has 2 aliphatic rings. The van der Waals surface area contributed by atoms with Gasteiger partial charge >= 0.3 is 5.97 Å². The van der Waals surface area contributed by atoms with Crippen LogP contribution in [-0.2, 0) is 29.1 Å². The molecular formula is C21H29N3O6S. The van der Waals surface area contributed by atoms with Gasteiger partial charge in [0.05, 0.1) is 4.90 Å². The number of ether oxygens (including phenoxy) is 1. The van der Waals surface area contributed by atoms with Crippen LogP contribution in [0.3, 0.4) is 0 Å². The Hall–Kier alpha value is -2.46. The first kappa shape index (κ1) is 23.2. The maximum atomic E-state index is 12.5. The van der Waals surface area contributed by atoms with E-state index >= 15 is 0 Å². The van der Waals surface area contributed by atoms with Gasteiger partial charge in [-0.25, -0.2) is 8.42 Å². The molecule has 10 heteroatoms. The monoisotopic (exact) mass is 451 g/mol. The van der Waals surface area contributed by atoms with E-state index in [1.807, 2.05) is 0 Å². The number of hydrogen-bond donors (Lipinski definition) is 2. The van der Waals surface area contributed by atoms with E-state index < -0.39 is 28.5 Å². The first-order chi connectivity index (χ1) is 14.9. The SMILES string of the molecule is O=C(COC(=O)CNC(=O)C1CCCCC1)Nc1ccc(S(=O)(=O)N2CCCC2)cc1. The Bertz CT molecular complexity index is 888. The number of anilines is 1. The van der Waals surface area contributed by atoms with Gasteiger partial charge in [-0.2, -0.15) is 4.31 Å². The van der Waals surface area contributed by atoms with Gasteiger partial charge in [-0.1, -0.05) is 19.3 Å². The van der Waals surface area contributed by atoms with Crippen LogP contribution in [0.4, 0.5) is 5.69 Å². The van der Waals surface area contributed by atoms with E-state index in [2.05, 4.69) is 10.6 Å². The second kappa shape index (κ2) is 10.7. The molecule has 0 unspecified atom stereocenters. The van der Waals surface area contributed by atoms with Crippen molar-refractivity contribution in [3.63, 3.8) is 0 Å². The lowest BCUT2D eigenvalue weighted by Gasteiger charge is -2.20. The molecule has 2 amide bonds. The molecule has 1 aliphatic carbocycles. The summed E-state index contributed by atoms with van der Waals surface area (Å²) in [6.45, 7) is 0.276. The summed E-state index contributed by atoms with van der Waals surface area (Å²) in [6.07, 6.45) is 6.56. The highest BCUT2D eigenvalue weighted by atomic mass is 32.2. The van der Waals surface area contributed by atoms with E-state index in [4.69, 9.17) is 4.74 Å². The summed E-state index contributed by atoms with van der Waals surface area (Å²) in [5.41, 5.74) is 0.395. The Morgan fingerprint density at radius 1 is 0.968 bits per heavy atom. The Balaban J connectivity index is 1.40. The normalized spacial score (nSPS) is 17.8. The maximum absolute atomic E-state index is 12.5. The number of amides is 2. The average molecular weight is 452 g/mol. The van der Waals surface area contributed by atoms with Gasteiger partial charge in [-0.3, -0.25) is 14.4 Å². The third-order valence-electron chi connectivity index (χ3n) is 5.59. The minimum atomic E-state index is -3.51. The summed E-state index contributed by atoms with van der Waals surface area (Å²) < 4.78 is 31.4. The van der Waals surface area contributed by atoms with Crippen molar-refractivity contribution in [1.82, 2.24) is 9.62 Å². The lowest BCUT2D eigenvalue weighted by atomic mass is 9.89. The van der Waals surface area contributed by atoms with E-state index in [0.29, 0.717) is 18.8 Å². The van der Waals surface area contributed by atoms with Gasteiger partial charge < -0.3 is 15.4 Å². The molecule has 1 heterocycles. The summed E-state index contributed by atoms with van der Waals surface area (Å²) in [7, 11) is -3.51. The zero-order valence-corrected chi connectivity index (χ0v) is 18.3. The van der Waals surface area contributed by atoms with Gasteiger partial charge in [0.2, 0.25) is 15.9 Å². The topological polar surface area (TPSA) is 122 Å². The number of hydrogen-bond acceptors (Lipinski definition) is 6. The highest BCUT2D eigenvalue weighted by molar-refractivity contribution is 7.89. The van der Waals surface area contributed by atoms with Crippen molar-refractivity contribution in [2.24, 2.45) is 5.92 Å². The van der Waals surface area contributed by atoms with Gasteiger partial charge in [0.15, 0.2) is 6.61 Å². The fourth-order valence-corrected chi connectivity index (χ4v) is 5.37. The standard InChI is InChI=1S/C21H29N3O6S/c25-19(15-30-20(26)14-22-21(27)16-6-2-1-3-7-16)23-17-8-10-18(11-9-17)31(28,29)24-12-4-5-13-24/h8-11,16H,1-7,12-15H2,(H,22,27)(H,23,25). The first-order valence-electron chi connectivity index (χ1n) is 10.7. The molecule has 1 saturated heterocycles. The molecule has 1 aliphatic heterocycles. The molecular weight excluding hydrogens is 422 g/mol. The molecule has 1 saturated carbocycles. The largest absolute Gasteiger partial charge is 0.454 e. The van der Waals surface area contributed by atoms with Crippen LogP contribution in [0.25, 0.3) is 0 Å². The predicted octanol–water partition coefficient (Wildman–Crippen LogP) is 1.65. The third kappa shape index (κ3) is 6.51. The zero-order valence-electron chi connectivity index (χ0n) is 17.5. The molecule has 31 heavy (non-hydrogen) atoms. The fourth-order valence-electron chi connectivity index (χ4n) is 3.85. The van der Waals surface area contributed by atoms with Crippen molar-refractivity contribution in [2.45, 2.75) is 49.8 Å². The lowest BCUT2D eigenvalue weighted by Crippen LogP contribution is -2.36. The molecule has 1 aromatic carbocycles. The minimum Gasteiger partial charge on any atom is -0.454 e. The summed E-state index contributed by atoms with van der Waals surface area (Å²) in [5, 5.41) is 5.11. The van der Waals surface area contributed by atoms with Crippen LogP contribution in [0.1, 0.15) is 44.9 Å². The number of rotatable bonds is 8. The molecule has 2 N–H and O–H groups in total. The van der Waals surface area contributed by atoms with Crippen molar-refractivity contribution in [1.29, 1.82) is 0 Å². The number of benzene rings is 1. The highest BCUT2D eigenvalue weighted by Gasteiger charge is 2.27. The number of carbonyl (C=O) groups is 3. The number of nitrogens with zero attached hydrogens (tertiary/aromatic N) is 1. The molecule has 170 valence electrons. The first-order valence-corrected chi connectivity index (χ1v) is 12.1. The van der Waals surface area contributed by atoms with Crippen molar-refractivity contribution in [2.75, 3.05) is 31.6 Å². The molecule has 3 rings (SSSR count). The van der Waals surface area contributed by atoms with Crippen molar-refractivity contribution >= 4 is 33.5 Å². The maximum Gasteiger partial charge on any atom is 0.325 e. The van der Waals surface area contributed by atoms with Crippen molar-refractivity contribution in [3.05, 3.63) is 24.3 Å². The van der Waals surface area contributed by atoms with Crippen LogP contribution in [0.5, 0.6) is 0 Å². The minimum absolute atomic E-state index is 0.0536. The van der Waals surface area contributed by atoms with Gasteiger partial charge in [-0.05, 0) is 49.9 Å². The number of carbonyl (C=O) groups excluding carboxylic acids is 3. The van der Waals surface area contributed by atoms with Crippen LogP contribution >= 0.6 is 0 Å². The Kier molecular flexibility index (Phi) is 8.03. The molecule has 0 atom stereocenters. The quantitative estimate of drug-likeness (QED) is 0.580. The number of sulfonamides is 1. The number of esters is 1. The molecule has 9 nitrogen and oxygen atoms in total. The van der Waals surface area contributed by atoms with Gasteiger partial charge in [-0.15, -0.1) is 0 Å².